The maximum atomic E-state index is 11.8. The van der Waals surface area contributed by atoms with Gasteiger partial charge in [-0.25, -0.2) is 4.79 Å². The second kappa shape index (κ2) is 6.24. The summed E-state index contributed by atoms with van der Waals surface area (Å²) in [7, 11) is 0. The summed E-state index contributed by atoms with van der Waals surface area (Å²) in [5.41, 5.74) is 2.65. The van der Waals surface area contributed by atoms with Crippen molar-refractivity contribution >= 4 is 22.7 Å². The van der Waals surface area contributed by atoms with Crippen molar-refractivity contribution in [1.29, 1.82) is 0 Å². The van der Waals surface area contributed by atoms with E-state index >= 15 is 0 Å². The van der Waals surface area contributed by atoms with Crippen LogP contribution in [-0.4, -0.2) is 29.0 Å². The van der Waals surface area contributed by atoms with E-state index in [2.05, 4.69) is 24.0 Å². The summed E-state index contributed by atoms with van der Waals surface area (Å²) < 4.78 is 5.35. The summed E-state index contributed by atoms with van der Waals surface area (Å²) in [5, 5.41) is 1.06. The van der Waals surface area contributed by atoms with Crippen LogP contribution in [0.3, 0.4) is 0 Å². The highest BCUT2D eigenvalue weighted by Crippen LogP contribution is 2.23. The molecule has 0 radical (unpaired) electrons. The van der Waals surface area contributed by atoms with Gasteiger partial charge >= 0.3 is 5.63 Å². The fourth-order valence-corrected chi connectivity index (χ4v) is 3.94. The SMILES string of the molecule is Cc1ccc2c(CN3CCSCC[C@@H]3C)cc(=O)oc2c1. The first kappa shape index (κ1) is 14.7. The predicted octanol–water partition coefficient (Wildman–Crippen LogP) is 3.43. The highest BCUT2D eigenvalue weighted by molar-refractivity contribution is 7.99. The van der Waals surface area contributed by atoms with Crippen molar-refractivity contribution in [3.05, 3.63) is 45.8 Å². The van der Waals surface area contributed by atoms with Gasteiger partial charge < -0.3 is 4.42 Å². The van der Waals surface area contributed by atoms with Crippen molar-refractivity contribution in [2.24, 2.45) is 0 Å². The Morgan fingerprint density at radius 1 is 1.33 bits per heavy atom. The second-order valence-corrected chi connectivity index (χ2v) is 7.04. The van der Waals surface area contributed by atoms with Crippen LogP contribution in [0, 0.1) is 6.92 Å². The van der Waals surface area contributed by atoms with Gasteiger partial charge in [-0.1, -0.05) is 12.1 Å². The molecule has 0 spiro atoms. The van der Waals surface area contributed by atoms with E-state index in [0.29, 0.717) is 11.6 Å². The first-order chi connectivity index (χ1) is 10.1. The molecule has 1 fully saturated rings. The quantitative estimate of drug-likeness (QED) is 0.796. The molecule has 0 N–H and O–H groups in total. The monoisotopic (exact) mass is 303 g/mol. The standard InChI is InChI=1S/C17H21NO2S/c1-12-3-4-15-14(10-17(19)20-16(15)9-12)11-18-6-8-21-7-5-13(18)2/h3-4,9-10,13H,5-8,11H2,1-2H3/t13-/m0/s1. The lowest BCUT2D eigenvalue weighted by Gasteiger charge is -2.26. The molecule has 0 amide bonds. The topological polar surface area (TPSA) is 33.5 Å². The van der Waals surface area contributed by atoms with Crippen LogP contribution in [0.1, 0.15) is 24.5 Å². The molecule has 1 aliphatic heterocycles. The zero-order chi connectivity index (χ0) is 14.8. The molecule has 0 unspecified atom stereocenters. The van der Waals surface area contributed by atoms with Gasteiger partial charge in [-0.15, -0.1) is 0 Å². The highest BCUT2D eigenvalue weighted by Gasteiger charge is 2.18. The lowest BCUT2D eigenvalue weighted by atomic mass is 10.1. The lowest BCUT2D eigenvalue weighted by Crippen LogP contribution is -2.33. The van der Waals surface area contributed by atoms with Gasteiger partial charge in [-0.2, -0.15) is 11.8 Å². The second-order valence-electron chi connectivity index (χ2n) is 5.81. The van der Waals surface area contributed by atoms with E-state index in [4.69, 9.17) is 4.42 Å². The van der Waals surface area contributed by atoms with Crippen LogP contribution in [-0.2, 0) is 6.54 Å². The molecule has 2 heterocycles. The molecule has 1 aromatic carbocycles. The van der Waals surface area contributed by atoms with Crippen LogP contribution in [0.5, 0.6) is 0 Å². The molecule has 1 saturated heterocycles. The molecule has 0 aliphatic carbocycles. The third kappa shape index (κ3) is 3.33. The van der Waals surface area contributed by atoms with Gasteiger partial charge in [-0.3, -0.25) is 4.90 Å². The summed E-state index contributed by atoms with van der Waals surface area (Å²) in [5.74, 6) is 2.40. The van der Waals surface area contributed by atoms with E-state index in [1.807, 2.05) is 24.8 Å². The Morgan fingerprint density at radius 2 is 2.19 bits per heavy atom. The zero-order valence-corrected chi connectivity index (χ0v) is 13.4. The molecule has 4 heteroatoms. The van der Waals surface area contributed by atoms with Crippen LogP contribution in [0.15, 0.2) is 33.5 Å². The van der Waals surface area contributed by atoms with Gasteiger partial charge in [0.05, 0.1) is 0 Å². The van der Waals surface area contributed by atoms with E-state index in [1.54, 1.807) is 6.07 Å². The number of hydrogen-bond donors (Lipinski definition) is 0. The number of thioether (sulfide) groups is 1. The molecular weight excluding hydrogens is 282 g/mol. The van der Waals surface area contributed by atoms with Crippen LogP contribution in [0.4, 0.5) is 0 Å². The highest BCUT2D eigenvalue weighted by atomic mass is 32.2. The molecule has 21 heavy (non-hydrogen) atoms. The van der Waals surface area contributed by atoms with Crippen LogP contribution < -0.4 is 5.63 Å². The van der Waals surface area contributed by atoms with E-state index in [9.17, 15) is 4.79 Å². The van der Waals surface area contributed by atoms with Crippen LogP contribution in [0.2, 0.25) is 0 Å². The average molecular weight is 303 g/mol. The van der Waals surface area contributed by atoms with Crippen molar-refractivity contribution in [1.82, 2.24) is 4.90 Å². The fraction of sp³-hybridized carbons (Fsp3) is 0.471. The summed E-state index contributed by atoms with van der Waals surface area (Å²) >= 11 is 2.02. The molecule has 0 saturated carbocycles. The van der Waals surface area contributed by atoms with Crippen molar-refractivity contribution in [3.63, 3.8) is 0 Å². The minimum absolute atomic E-state index is 0.250. The number of aryl methyl sites for hydroxylation is 1. The van der Waals surface area contributed by atoms with Crippen LogP contribution in [0.25, 0.3) is 11.0 Å². The lowest BCUT2D eigenvalue weighted by molar-refractivity contribution is 0.213. The molecule has 3 rings (SSSR count). The fourth-order valence-electron chi connectivity index (χ4n) is 2.86. The maximum absolute atomic E-state index is 11.8. The Labute approximate surface area is 129 Å². The summed E-state index contributed by atoms with van der Waals surface area (Å²) in [6.45, 7) is 6.20. The van der Waals surface area contributed by atoms with Crippen molar-refractivity contribution < 1.29 is 4.42 Å². The van der Waals surface area contributed by atoms with Gasteiger partial charge in [0.15, 0.2) is 0 Å². The Hall–Kier alpha value is -1.26. The molecule has 0 bridgehead atoms. The minimum Gasteiger partial charge on any atom is -0.423 e. The smallest absolute Gasteiger partial charge is 0.336 e. The van der Waals surface area contributed by atoms with Crippen LogP contribution >= 0.6 is 11.8 Å². The Morgan fingerprint density at radius 3 is 3.05 bits per heavy atom. The van der Waals surface area contributed by atoms with Crippen molar-refractivity contribution in [3.8, 4) is 0 Å². The van der Waals surface area contributed by atoms with Gasteiger partial charge in [0, 0.05) is 36.3 Å². The number of fused-ring (bicyclic) bond motifs is 1. The first-order valence-electron chi connectivity index (χ1n) is 7.48. The molecule has 1 aromatic heterocycles. The average Bonchev–Trinajstić information content (AvgIpc) is 2.63. The number of rotatable bonds is 2. The van der Waals surface area contributed by atoms with E-state index in [-0.39, 0.29) is 5.63 Å². The Bertz CT molecular complexity index is 695. The summed E-state index contributed by atoms with van der Waals surface area (Å²) in [6.07, 6.45) is 1.21. The van der Waals surface area contributed by atoms with Gasteiger partial charge in [0.1, 0.15) is 5.58 Å². The molecule has 112 valence electrons. The third-order valence-corrected chi connectivity index (χ3v) is 5.18. The van der Waals surface area contributed by atoms with Gasteiger partial charge in [-0.05, 0) is 43.2 Å². The molecule has 3 nitrogen and oxygen atoms in total. The van der Waals surface area contributed by atoms with Crippen molar-refractivity contribution in [2.75, 3.05) is 18.1 Å². The normalized spacial score (nSPS) is 20.6. The number of benzene rings is 1. The largest absolute Gasteiger partial charge is 0.423 e. The maximum Gasteiger partial charge on any atom is 0.336 e. The molecule has 2 aromatic rings. The van der Waals surface area contributed by atoms with E-state index < -0.39 is 0 Å². The predicted molar refractivity (Wildman–Crippen MR) is 89.0 cm³/mol. The molecular formula is C17H21NO2S. The zero-order valence-electron chi connectivity index (χ0n) is 12.6. The summed E-state index contributed by atoms with van der Waals surface area (Å²) in [4.78, 5) is 14.3. The third-order valence-electron chi connectivity index (χ3n) is 4.19. The molecule has 1 aliphatic rings. The summed E-state index contributed by atoms with van der Waals surface area (Å²) in [6, 6.07) is 8.31. The first-order valence-corrected chi connectivity index (χ1v) is 8.64. The van der Waals surface area contributed by atoms with E-state index in [0.717, 1.165) is 29.6 Å². The van der Waals surface area contributed by atoms with E-state index in [1.165, 1.54) is 17.9 Å². The van der Waals surface area contributed by atoms with Gasteiger partial charge in [0.2, 0.25) is 0 Å². The molecule has 1 atom stereocenters. The number of hydrogen-bond acceptors (Lipinski definition) is 4. The Balaban J connectivity index is 1.97. The van der Waals surface area contributed by atoms with Crippen molar-refractivity contribution in [2.45, 2.75) is 32.9 Å². The minimum atomic E-state index is -0.250. The number of nitrogens with zero attached hydrogens (tertiary/aromatic N) is 1. The van der Waals surface area contributed by atoms with Gasteiger partial charge in [0.25, 0.3) is 0 Å². The Kier molecular flexibility index (Phi) is 4.36.